The van der Waals surface area contributed by atoms with Gasteiger partial charge in [-0.3, -0.25) is 0 Å². The molecule has 0 atom stereocenters. The number of anilines is 1. The van der Waals surface area contributed by atoms with Crippen LogP contribution in [0.15, 0.2) is 48.5 Å². The summed E-state index contributed by atoms with van der Waals surface area (Å²) in [6.07, 6.45) is 0.740. The number of fused-ring (bicyclic) bond motifs is 1. The Balaban J connectivity index is 1.81. The Bertz CT molecular complexity index is 742. The number of sulfonamides is 1. The normalized spacial score (nSPS) is 15.6. The molecule has 2 N–H and O–H groups in total. The van der Waals surface area contributed by atoms with E-state index in [0.29, 0.717) is 18.8 Å². The van der Waals surface area contributed by atoms with Crippen molar-refractivity contribution in [3.63, 3.8) is 0 Å². The largest absolute Gasteiger partial charge is 0.399 e. The average molecular weight is 302 g/mol. The lowest BCUT2D eigenvalue weighted by Gasteiger charge is -2.28. The van der Waals surface area contributed by atoms with Crippen molar-refractivity contribution in [1.29, 1.82) is 0 Å². The van der Waals surface area contributed by atoms with Gasteiger partial charge in [0.15, 0.2) is 0 Å². The molecule has 0 radical (unpaired) electrons. The van der Waals surface area contributed by atoms with Gasteiger partial charge in [-0.2, -0.15) is 4.31 Å². The van der Waals surface area contributed by atoms with Gasteiger partial charge < -0.3 is 5.73 Å². The van der Waals surface area contributed by atoms with Crippen molar-refractivity contribution in [2.45, 2.75) is 18.7 Å². The van der Waals surface area contributed by atoms with Crippen molar-refractivity contribution in [3.05, 3.63) is 65.2 Å². The first kappa shape index (κ1) is 14.1. The summed E-state index contributed by atoms with van der Waals surface area (Å²) in [5.74, 6) is 0.0471. The molecule has 21 heavy (non-hydrogen) atoms. The number of rotatable bonds is 3. The Hall–Kier alpha value is -1.85. The fourth-order valence-corrected chi connectivity index (χ4v) is 4.17. The number of nitrogen functional groups attached to an aromatic ring is 1. The Morgan fingerprint density at radius 2 is 1.81 bits per heavy atom. The molecule has 0 amide bonds. The van der Waals surface area contributed by atoms with Crippen molar-refractivity contribution in [2.24, 2.45) is 0 Å². The van der Waals surface area contributed by atoms with Gasteiger partial charge in [0.1, 0.15) is 0 Å². The third-order valence-corrected chi connectivity index (χ3v) is 5.59. The molecule has 0 aromatic heterocycles. The monoisotopic (exact) mass is 302 g/mol. The van der Waals surface area contributed by atoms with Crippen molar-refractivity contribution >= 4 is 15.7 Å². The number of nitrogens with zero attached hydrogens (tertiary/aromatic N) is 1. The first-order valence-electron chi connectivity index (χ1n) is 6.94. The van der Waals surface area contributed by atoms with E-state index in [1.165, 1.54) is 5.56 Å². The van der Waals surface area contributed by atoms with Gasteiger partial charge in [-0.25, -0.2) is 8.42 Å². The molecule has 2 aromatic carbocycles. The van der Waals surface area contributed by atoms with Crippen LogP contribution in [-0.4, -0.2) is 19.3 Å². The average Bonchev–Trinajstić information content (AvgIpc) is 2.47. The maximum Gasteiger partial charge on any atom is 0.218 e. The van der Waals surface area contributed by atoms with Crippen LogP contribution in [0.4, 0.5) is 5.69 Å². The lowest BCUT2D eigenvalue weighted by molar-refractivity contribution is 0.391. The number of hydrogen-bond donors (Lipinski definition) is 1. The summed E-state index contributed by atoms with van der Waals surface area (Å²) in [5.41, 5.74) is 9.49. The molecular weight excluding hydrogens is 284 g/mol. The minimum Gasteiger partial charge on any atom is -0.399 e. The summed E-state index contributed by atoms with van der Waals surface area (Å²) in [7, 11) is -3.30. The second kappa shape index (κ2) is 5.50. The Labute approximate surface area is 125 Å². The molecule has 3 rings (SSSR count). The van der Waals surface area contributed by atoms with E-state index in [1.54, 1.807) is 4.31 Å². The molecule has 1 aliphatic heterocycles. The fourth-order valence-electron chi connectivity index (χ4n) is 2.66. The molecule has 5 heteroatoms. The molecule has 0 unspecified atom stereocenters. The lowest BCUT2D eigenvalue weighted by Crippen LogP contribution is -2.36. The summed E-state index contributed by atoms with van der Waals surface area (Å²) in [6.45, 7) is 0.946. The van der Waals surface area contributed by atoms with Crippen molar-refractivity contribution in [2.75, 3.05) is 12.3 Å². The highest BCUT2D eigenvalue weighted by molar-refractivity contribution is 7.88. The van der Waals surface area contributed by atoms with E-state index in [-0.39, 0.29) is 5.75 Å². The van der Waals surface area contributed by atoms with Crippen molar-refractivity contribution in [3.8, 4) is 0 Å². The molecule has 0 fully saturated rings. The predicted octanol–water partition coefficient (Wildman–Crippen LogP) is 2.16. The highest BCUT2D eigenvalue weighted by Crippen LogP contribution is 2.24. The SMILES string of the molecule is Nc1ccc2c(c1)CN(S(=O)(=O)Cc1ccccc1)CC2. The second-order valence-corrected chi connectivity index (χ2v) is 7.32. The van der Waals surface area contributed by atoms with Crippen LogP contribution >= 0.6 is 0 Å². The summed E-state index contributed by atoms with van der Waals surface area (Å²) in [4.78, 5) is 0. The maximum atomic E-state index is 12.5. The van der Waals surface area contributed by atoms with Gasteiger partial charge in [0.25, 0.3) is 0 Å². The predicted molar refractivity (Wildman–Crippen MR) is 84.0 cm³/mol. The molecule has 0 spiro atoms. The molecule has 0 saturated carbocycles. The van der Waals surface area contributed by atoms with E-state index in [2.05, 4.69) is 0 Å². The summed E-state index contributed by atoms with van der Waals surface area (Å²) in [5, 5.41) is 0. The topological polar surface area (TPSA) is 63.4 Å². The Kier molecular flexibility index (Phi) is 3.69. The van der Waals surface area contributed by atoms with E-state index in [9.17, 15) is 8.42 Å². The molecule has 2 aromatic rings. The third-order valence-electron chi connectivity index (χ3n) is 3.79. The number of benzene rings is 2. The van der Waals surface area contributed by atoms with Gasteiger partial charge in [0.05, 0.1) is 5.75 Å². The van der Waals surface area contributed by atoms with Gasteiger partial charge in [-0.15, -0.1) is 0 Å². The van der Waals surface area contributed by atoms with Crippen molar-refractivity contribution < 1.29 is 8.42 Å². The van der Waals surface area contributed by atoms with Crippen LogP contribution in [0.3, 0.4) is 0 Å². The van der Waals surface area contributed by atoms with Crippen molar-refractivity contribution in [1.82, 2.24) is 4.31 Å². The van der Waals surface area contributed by atoms with E-state index in [4.69, 9.17) is 5.73 Å². The third kappa shape index (κ3) is 3.09. The van der Waals surface area contributed by atoms with Crippen LogP contribution in [0.25, 0.3) is 0 Å². The summed E-state index contributed by atoms with van der Waals surface area (Å²) in [6, 6.07) is 15.0. The molecule has 0 aliphatic carbocycles. The molecule has 4 nitrogen and oxygen atoms in total. The van der Waals surface area contributed by atoms with Crippen LogP contribution in [0, 0.1) is 0 Å². The summed E-state index contributed by atoms with van der Waals surface area (Å²) < 4.78 is 26.6. The highest BCUT2D eigenvalue weighted by atomic mass is 32.2. The van der Waals surface area contributed by atoms with E-state index in [1.807, 2.05) is 48.5 Å². The molecule has 0 saturated heterocycles. The van der Waals surface area contributed by atoms with Gasteiger partial charge in [0, 0.05) is 18.8 Å². The maximum absolute atomic E-state index is 12.5. The zero-order valence-corrected chi connectivity index (χ0v) is 12.5. The minimum atomic E-state index is -3.30. The molecule has 1 aliphatic rings. The summed E-state index contributed by atoms with van der Waals surface area (Å²) >= 11 is 0. The van der Waals surface area contributed by atoms with Gasteiger partial charge in [0.2, 0.25) is 10.0 Å². The fraction of sp³-hybridized carbons (Fsp3) is 0.250. The smallest absolute Gasteiger partial charge is 0.218 e. The molecule has 110 valence electrons. The highest BCUT2D eigenvalue weighted by Gasteiger charge is 2.26. The second-order valence-electron chi connectivity index (χ2n) is 5.35. The van der Waals surface area contributed by atoms with Crippen LogP contribution in [-0.2, 0) is 28.7 Å². The first-order valence-corrected chi connectivity index (χ1v) is 8.54. The molecule has 1 heterocycles. The zero-order chi connectivity index (χ0) is 14.9. The van der Waals surface area contributed by atoms with Crippen LogP contribution in [0.5, 0.6) is 0 Å². The Morgan fingerprint density at radius 1 is 1.05 bits per heavy atom. The first-order chi connectivity index (χ1) is 10.0. The number of nitrogens with two attached hydrogens (primary N) is 1. The zero-order valence-electron chi connectivity index (χ0n) is 11.7. The molecule has 0 bridgehead atoms. The van der Waals surface area contributed by atoms with Gasteiger partial charge in [-0.1, -0.05) is 36.4 Å². The lowest BCUT2D eigenvalue weighted by atomic mass is 10.0. The number of hydrogen-bond acceptors (Lipinski definition) is 3. The standard InChI is InChI=1S/C16H18N2O2S/c17-16-7-6-14-8-9-18(11-15(14)10-16)21(19,20)12-13-4-2-1-3-5-13/h1-7,10H,8-9,11-12,17H2. The van der Waals surface area contributed by atoms with Crippen LogP contribution in [0.1, 0.15) is 16.7 Å². The van der Waals surface area contributed by atoms with Gasteiger partial charge in [-0.05, 0) is 35.2 Å². The van der Waals surface area contributed by atoms with Gasteiger partial charge >= 0.3 is 0 Å². The van der Waals surface area contributed by atoms with E-state index in [0.717, 1.165) is 17.5 Å². The van der Waals surface area contributed by atoms with Crippen LogP contribution < -0.4 is 5.73 Å². The van der Waals surface area contributed by atoms with E-state index >= 15 is 0 Å². The quantitative estimate of drug-likeness (QED) is 0.884. The minimum absolute atomic E-state index is 0.0471. The molecular formula is C16H18N2O2S. The van der Waals surface area contributed by atoms with E-state index < -0.39 is 10.0 Å². The van der Waals surface area contributed by atoms with Crippen LogP contribution in [0.2, 0.25) is 0 Å². The Morgan fingerprint density at radius 3 is 2.57 bits per heavy atom.